The highest BCUT2D eigenvalue weighted by molar-refractivity contribution is 6.00. The lowest BCUT2D eigenvalue weighted by molar-refractivity contribution is -0.384. The minimum atomic E-state index is -0.473. The van der Waals surface area contributed by atoms with Crippen molar-refractivity contribution in [3.63, 3.8) is 0 Å². The third kappa shape index (κ3) is 4.42. The molecule has 0 aliphatic carbocycles. The summed E-state index contributed by atoms with van der Waals surface area (Å²) in [7, 11) is 1.58. The zero-order chi connectivity index (χ0) is 20.1. The van der Waals surface area contributed by atoms with Crippen LogP contribution >= 0.6 is 0 Å². The number of nitrogens with one attached hydrogen (secondary N) is 1. The quantitative estimate of drug-likeness (QED) is 0.606. The molecule has 1 fully saturated rings. The van der Waals surface area contributed by atoms with E-state index in [1.807, 2.05) is 24.3 Å². The maximum atomic E-state index is 12.9. The SMILES string of the molecule is COc1ccccc1CNC(=O)c1cc([N+](=O)[O-])ccc1N1CCC(C)CC1. The number of ether oxygens (including phenoxy) is 1. The number of nitro benzene ring substituents is 1. The van der Waals surface area contributed by atoms with Crippen molar-refractivity contribution in [3.8, 4) is 5.75 Å². The van der Waals surface area contributed by atoms with Gasteiger partial charge in [-0.05, 0) is 30.9 Å². The minimum Gasteiger partial charge on any atom is -0.496 e. The molecule has 0 bridgehead atoms. The Labute approximate surface area is 164 Å². The Morgan fingerprint density at radius 2 is 1.96 bits per heavy atom. The van der Waals surface area contributed by atoms with E-state index in [1.54, 1.807) is 13.2 Å². The Bertz CT molecular complexity index is 860. The molecule has 1 saturated heterocycles. The van der Waals surface area contributed by atoms with E-state index in [9.17, 15) is 14.9 Å². The summed E-state index contributed by atoms with van der Waals surface area (Å²) >= 11 is 0. The topological polar surface area (TPSA) is 84.7 Å². The molecule has 0 aromatic heterocycles. The van der Waals surface area contributed by atoms with Gasteiger partial charge in [0.05, 0.1) is 23.3 Å². The molecule has 2 aromatic carbocycles. The second-order valence-electron chi connectivity index (χ2n) is 7.12. The fourth-order valence-electron chi connectivity index (χ4n) is 3.46. The summed E-state index contributed by atoms with van der Waals surface area (Å²) in [6.45, 7) is 4.17. The first-order chi connectivity index (χ1) is 13.5. The van der Waals surface area contributed by atoms with E-state index in [0.717, 1.165) is 37.2 Å². The van der Waals surface area contributed by atoms with Crippen LogP contribution in [0.1, 0.15) is 35.7 Å². The second kappa shape index (κ2) is 8.73. The summed E-state index contributed by atoms with van der Waals surface area (Å²) in [6.07, 6.45) is 2.08. The molecule has 1 amide bonds. The number of carbonyl (C=O) groups excluding carboxylic acids is 1. The summed E-state index contributed by atoms with van der Waals surface area (Å²) in [5.74, 6) is 1.01. The molecule has 0 atom stereocenters. The van der Waals surface area contributed by atoms with Crippen molar-refractivity contribution >= 4 is 17.3 Å². The number of para-hydroxylation sites is 1. The van der Waals surface area contributed by atoms with Gasteiger partial charge in [0.25, 0.3) is 11.6 Å². The molecule has 3 rings (SSSR count). The van der Waals surface area contributed by atoms with E-state index in [-0.39, 0.29) is 18.1 Å². The molecule has 1 aliphatic heterocycles. The maximum absolute atomic E-state index is 12.9. The van der Waals surface area contributed by atoms with Gasteiger partial charge in [-0.25, -0.2) is 0 Å². The predicted octanol–water partition coefficient (Wildman–Crippen LogP) is 3.77. The molecule has 1 aliphatic rings. The molecule has 0 saturated carbocycles. The lowest BCUT2D eigenvalue weighted by Crippen LogP contribution is -2.35. The number of benzene rings is 2. The summed E-state index contributed by atoms with van der Waals surface area (Å²) in [5.41, 5.74) is 1.84. The first kappa shape index (κ1) is 19.7. The number of non-ortho nitro benzene ring substituents is 1. The normalized spacial score (nSPS) is 14.6. The molecule has 1 heterocycles. The van der Waals surface area contributed by atoms with Gasteiger partial charge in [-0.15, -0.1) is 0 Å². The van der Waals surface area contributed by atoms with E-state index >= 15 is 0 Å². The molecule has 1 N–H and O–H groups in total. The molecular weight excluding hydrogens is 358 g/mol. The van der Waals surface area contributed by atoms with Crippen LogP contribution < -0.4 is 15.0 Å². The standard InChI is InChI=1S/C21H25N3O4/c1-15-9-11-23(12-10-15)19-8-7-17(24(26)27)13-18(19)21(25)22-14-16-5-3-4-6-20(16)28-2/h3-8,13,15H,9-12,14H2,1-2H3,(H,22,25). The Kier molecular flexibility index (Phi) is 6.13. The molecule has 148 valence electrons. The van der Waals surface area contributed by atoms with Crippen molar-refractivity contribution < 1.29 is 14.5 Å². The summed E-state index contributed by atoms with van der Waals surface area (Å²) < 4.78 is 5.31. The fourth-order valence-corrected chi connectivity index (χ4v) is 3.46. The highest BCUT2D eigenvalue weighted by Crippen LogP contribution is 2.29. The van der Waals surface area contributed by atoms with E-state index in [0.29, 0.717) is 17.2 Å². The van der Waals surface area contributed by atoms with Gasteiger partial charge in [-0.1, -0.05) is 25.1 Å². The van der Waals surface area contributed by atoms with Crippen molar-refractivity contribution in [1.29, 1.82) is 0 Å². The average molecular weight is 383 g/mol. The van der Waals surface area contributed by atoms with Crippen molar-refractivity contribution in [2.24, 2.45) is 5.92 Å². The van der Waals surface area contributed by atoms with E-state index < -0.39 is 4.92 Å². The van der Waals surface area contributed by atoms with Crippen LogP contribution in [0.25, 0.3) is 0 Å². The van der Waals surface area contributed by atoms with Crippen molar-refractivity contribution in [2.75, 3.05) is 25.1 Å². The van der Waals surface area contributed by atoms with Crippen LogP contribution in [0.2, 0.25) is 0 Å². The Morgan fingerprint density at radius 1 is 1.25 bits per heavy atom. The van der Waals surface area contributed by atoms with Crippen LogP contribution in [0.5, 0.6) is 5.75 Å². The lowest BCUT2D eigenvalue weighted by atomic mass is 9.98. The number of nitro groups is 1. The highest BCUT2D eigenvalue weighted by Gasteiger charge is 2.23. The van der Waals surface area contributed by atoms with E-state index in [2.05, 4.69) is 17.1 Å². The maximum Gasteiger partial charge on any atom is 0.270 e. The molecule has 7 nitrogen and oxygen atoms in total. The molecule has 0 radical (unpaired) electrons. The molecular formula is C21H25N3O4. The van der Waals surface area contributed by atoms with Crippen molar-refractivity contribution in [2.45, 2.75) is 26.3 Å². The Morgan fingerprint density at radius 3 is 2.64 bits per heavy atom. The van der Waals surface area contributed by atoms with Gasteiger partial charge in [0.2, 0.25) is 0 Å². The van der Waals surface area contributed by atoms with Gasteiger partial charge < -0.3 is 15.0 Å². The molecule has 28 heavy (non-hydrogen) atoms. The Balaban J connectivity index is 1.84. The summed E-state index contributed by atoms with van der Waals surface area (Å²) in [4.78, 5) is 25.8. The van der Waals surface area contributed by atoms with Gasteiger partial charge in [0, 0.05) is 37.3 Å². The predicted molar refractivity (Wildman–Crippen MR) is 108 cm³/mol. The van der Waals surface area contributed by atoms with Crippen LogP contribution in [0.4, 0.5) is 11.4 Å². The van der Waals surface area contributed by atoms with Gasteiger partial charge in [-0.2, -0.15) is 0 Å². The first-order valence-electron chi connectivity index (χ1n) is 9.43. The van der Waals surface area contributed by atoms with Gasteiger partial charge in [-0.3, -0.25) is 14.9 Å². The number of methoxy groups -OCH3 is 1. The molecule has 0 spiro atoms. The van der Waals surface area contributed by atoms with E-state index in [4.69, 9.17) is 4.74 Å². The van der Waals surface area contributed by atoms with Crippen molar-refractivity contribution in [1.82, 2.24) is 5.32 Å². The third-order valence-electron chi connectivity index (χ3n) is 5.19. The summed E-state index contributed by atoms with van der Waals surface area (Å²) in [6, 6.07) is 12.0. The van der Waals surface area contributed by atoms with E-state index in [1.165, 1.54) is 12.1 Å². The first-order valence-corrected chi connectivity index (χ1v) is 9.43. The largest absolute Gasteiger partial charge is 0.496 e. The number of anilines is 1. The summed E-state index contributed by atoms with van der Waals surface area (Å²) in [5, 5.41) is 14.1. The molecule has 7 heteroatoms. The lowest BCUT2D eigenvalue weighted by Gasteiger charge is -2.33. The number of piperidine rings is 1. The number of nitrogens with zero attached hydrogens (tertiary/aromatic N) is 2. The average Bonchev–Trinajstić information content (AvgIpc) is 2.72. The van der Waals surface area contributed by atoms with Gasteiger partial charge in [0.1, 0.15) is 5.75 Å². The monoisotopic (exact) mass is 383 g/mol. The molecule has 0 unspecified atom stereocenters. The van der Waals surface area contributed by atoms with Crippen LogP contribution in [0.3, 0.4) is 0 Å². The zero-order valence-corrected chi connectivity index (χ0v) is 16.2. The highest BCUT2D eigenvalue weighted by atomic mass is 16.6. The molecule has 2 aromatic rings. The smallest absolute Gasteiger partial charge is 0.270 e. The number of carbonyl (C=O) groups is 1. The number of amides is 1. The second-order valence-corrected chi connectivity index (χ2v) is 7.12. The van der Waals surface area contributed by atoms with Crippen molar-refractivity contribution in [3.05, 3.63) is 63.7 Å². The Hall–Kier alpha value is -3.09. The van der Waals surface area contributed by atoms with Gasteiger partial charge >= 0.3 is 0 Å². The van der Waals surface area contributed by atoms with Crippen LogP contribution in [-0.4, -0.2) is 31.0 Å². The number of rotatable bonds is 6. The number of hydrogen-bond acceptors (Lipinski definition) is 5. The van der Waals surface area contributed by atoms with Crippen LogP contribution in [0, 0.1) is 16.0 Å². The minimum absolute atomic E-state index is 0.0865. The third-order valence-corrected chi connectivity index (χ3v) is 5.19. The number of hydrogen-bond donors (Lipinski definition) is 1. The zero-order valence-electron chi connectivity index (χ0n) is 16.2. The van der Waals surface area contributed by atoms with Crippen LogP contribution in [0.15, 0.2) is 42.5 Å². The fraction of sp³-hybridized carbons (Fsp3) is 0.381. The van der Waals surface area contributed by atoms with Crippen LogP contribution in [-0.2, 0) is 6.54 Å². The van der Waals surface area contributed by atoms with Gasteiger partial charge in [0.15, 0.2) is 0 Å².